The Bertz CT molecular complexity index is 558. The van der Waals surface area contributed by atoms with Gasteiger partial charge in [-0.3, -0.25) is 9.48 Å². The second kappa shape index (κ2) is 5.11. The van der Waals surface area contributed by atoms with Crippen molar-refractivity contribution in [3.8, 4) is 0 Å². The molecule has 5 nitrogen and oxygen atoms in total. The molecule has 0 saturated heterocycles. The van der Waals surface area contributed by atoms with Crippen molar-refractivity contribution in [1.29, 1.82) is 0 Å². The summed E-state index contributed by atoms with van der Waals surface area (Å²) in [5, 5.41) is 5.98. The Hall–Kier alpha value is -1.34. The topological polar surface area (TPSA) is 64.2 Å². The molecule has 0 radical (unpaired) electrons. The Morgan fingerprint density at radius 2 is 2.39 bits per heavy atom. The molecule has 1 amide bonds. The van der Waals surface area contributed by atoms with Crippen LogP contribution in [0.4, 0.5) is 5.69 Å². The fourth-order valence-electron chi connectivity index (χ4n) is 1.67. The van der Waals surface area contributed by atoms with Crippen LogP contribution in [0, 0.1) is 0 Å². The maximum atomic E-state index is 12.2. The number of nitrogens with zero attached hydrogens (tertiary/aromatic N) is 3. The number of amides is 1. The minimum atomic E-state index is -0.130. The fourth-order valence-corrected chi connectivity index (χ4v) is 2.87. The highest BCUT2D eigenvalue weighted by Crippen LogP contribution is 2.22. The molecule has 0 unspecified atom stereocenters. The highest BCUT2D eigenvalue weighted by Gasteiger charge is 2.19. The average molecular weight is 329 g/mol. The molecule has 2 N–H and O–H groups in total. The third-order valence-corrected chi connectivity index (χ3v) is 4.11. The summed E-state index contributed by atoms with van der Waals surface area (Å²) in [7, 11) is 3.46. The molecule has 2 heterocycles. The van der Waals surface area contributed by atoms with Crippen molar-refractivity contribution in [1.82, 2.24) is 14.7 Å². The minimum absolute atomic E-state index is 0.130. The number of carbonyl (C=O) groups excluding carboxylic acids is 1. The molecule has 96 valence electrons. The van der Waals surface area contributed by atoms with E-state index in [4.69, 9.17) is 5.73 Å². The Labute approximate surface area is 117 Å². The van der Waals surface area contributed by atoms with Gasteiger partial charge in [-0.1, -0.05) is 0 Å². The van der Waals surface area contributed by atoms with Crippen molar-refractivity contribution >= 4 is 38.9 Å². The van der Waals surface area contributed by atoms with E-state index >= 15 is 0 Å². The van der Waals surface area contributed by atoms with E-state index in [1.54, 1.807) is 30.3 Å². The van der Waals surface area contributed by atoms with Crippen LogP contribution in [-0.2, 0) is 13.6 Å². The smallest absolute Gasteiger partial charge is 0.274 e. The van der Waals surface area contributed by atoms with Crippen molar-refractivity contribution in [2.45, 2.75) is 6.54 Å². The van der Waals surface area contributed by atoms with Crippen LogP contribution in [-0.4, -0.2) is 27.6 Å². The number of aryl methyl sites for hydroxylation is 1. The van der Waals surface area contributed by atoms with Gasteiger partial charge in [-0.15, -0.1) is 11.3 Å². The minimum Gasteiger partial charge on any atom is -0.396 e. The highest BCUT2D eigenvalue weighted by molar-refractivity contribution is 9.11. The Balaban J connectivity index is 2.14. The first-order valence-electron chi connectivity index (χ1n) is 5.25. The van der Waals surface area contributed by atoms with Gasteiger partial charge in [-0.25, -0.2) is 0 Å². The average Bonchev–Trinajstić information content (AvgIpc) is 2.85. The van der Waals surface area contributed by atoms with Crippen LogP contribution in [0.2, 0.25) is 0 Å². The first-order valence-corrected chi connectivity index (χ1v) is 6.92. The van der Waals surface area contributed by atoms with Crippen LogP contribution in [0.5, 0.6) is 0 Å². The zero-order valence-corrected chi connectivity index (χ0v) is 12.5. The lowest BCUT2D eigenvalue weighted by atomic mass is 10.3. The van der Waals surface area contributed by atoms with Crippen LogP contribution >= 0.6 is 27.3 Å². The zero-order valence-electron chi connectivity index (χ0n) is 10.1. The Morgan fingerprint density at radius 1 is 1.67 bits per heavy atom. The van der Waals surface area contributed by atoms with E-state index in [2.05, 4.69) is 21.0 Å². The summed E-state index contributed by atoms with van der Waals surface area (Å²) in [6.45, 7) is 0.547. The number of halogens is 1. The molecule has 0 aromatic carbocycles. The van der Waals surface area contributed by atoms with E-state index in [-0.39, 0.29) is 5.91 Å². The summed E-state index contributed by atoms with van der Waals surface area (Å²) < 4.78 is 2.55. The molecule has 2 aromatic rings. The van der Waals surface area contributed by atoms with Crippen LogP contribution in [0.1, 0.15) is 16.1 Å². The SMILES string of the molecule is CN(Cc1csc(Br)c1)C(=O)c1c(N)cnn1C. The van der Waals surface area contributed by atoms with Gasteiger partial charge in [-0.05, 0) is 32.9 Å². The predicted octanol–water partition coefficient (Wildman–Crippen LogP) is 2.10. The summed E-state index contributed by atoms with van der Waals surface area (Å²) in [4.78, 5) is 13.9. The quantitative estimate of drug-likeness (QED) is 0.938. The molecule has 2 aromatic heterocycles. The van der Waals surface area contributed by atoms with Gasteiger partial charge in [0.25, 0.3) is 5.91 Å². The monoisotopic (exact) mass is 328 g/mol. The molecule has 0 saturated carbocycles. The number of carbonyl (C=O) groups is 1. The fraction of sp³-hybridized carbons (Fsp3) is 0.273. The zero-order chi connectivity index (χ0) is 13.3. The number of anilines is 1. The van der Waals surface area contributed by atoms with E-state index < -0.39 is 0 Å². The van der Waals surface area contributed by atoms with Gasteiger partial charge >= 0.3 is 0 Å². The van der Waals surface area contributed by atoms with E-state index in [9.17, 15) is 4.79 Å². The highest BCUT2D eigenvalue weighted by atomic mass is 79.9. The van der Waals surface area contributed by atoms with Gasteiger partial charge in [0.05, 0.1) is 15.7 Å². The van der Waals surface area contributed by atoms with Crippen molar-refractivity contribution in [2.75, 3.05) is 12.8 Å². The molecule has 0 aliphatic rings. The molecule has 0 atom stereocenters. The molecular formula is C11H13BrN4OS. The number of hydrogen-bond donors (Lipinski definition) is 1. The molecule has 0 bridgehead atoms. The summed E-state index contributed by atoms with van der Waals surface area (Å²) in [5.74, 6) is -0.130. The normalized spacial score (nSPS) is 10.6. The van der Waals surface area contributed by atoms with E-state index in [1.165, 1.54) is 10.9 Å². The maximum Gasteiger partial charge on any atom is 0.274 e. The van der Waals surface area contributed by atoms with Gasteiger partial charge in [-0.2, -0.15) is 5.10 Å². The molecule has 18 heavy (non-hydrogen) atoms. The number of thiophene rings is 1. The largest absolute Gasteiger partial charge is 0.396 e. The van der Waals surface area contributed by atoms with E-state index in [0.29, 0.717) is 17.9 Å². The summed E-state index contributed by atoms with van der Waals surface area (Å²) in [6.07, 6.45) is 1.49. The predicted molar refractivity (Wildman–Crippen MR) is 75.4 cm³/mol. The van der Waals surface area contributed by atoms with E-state index in [0.717, 1.165) is 9.35 Å². The number of nitrogen functional groups attached to an aromatic ring is 1. The van der Waals surface area contributed by atoms with Crippen molar-refractivity contribution in [3.05, 3.63) is 32.7 Å². The first-order chi connectivity index (χ1) is 8.49. The van der Waals surface area contributed by atoms with Crippen molar-refractivity contribution in [3.63, 3.8) is 0 Å². The second-order valence-corrected chi connectivity index (χ2v) is 6.28. The van der Waals surface area contributed by atoms with Crippen molar-refractivity contribution in [2.24, 2.45) is 7.05 Å². The van der Waals surface area contributed by atoms with Crippen molar-refractivity contribution < 1.29 is 4.79 Å². The van der Waals surface area contributed by atoms with Gasteiger partial charge in [0.15, 0.2) is 0 Å². The molecule has 7 heteroatoms. The summed E-state index contributed by atoms with van der Waals surface area (Å²) in [5.41, 5.74) is 7.65. The van der Waals surface area contributed by atoms with Crippen LogP contribution in [0.15, 0.2) is 21.4 Å². The third kappa shape index (κ3) is 2.56. The summed E-state index contributed by atoms with van der Waals surface area (Å²) in [6, 6.07) is 2.00. The number of rotatable bonds is 3. The molecule has 0 aliphatic carbocycles. The van der Waals surface area contributed by atoms with Gasteiger partial charge in [0.1, 0.15) is 5.69 Å². The van der Waals surface area contributed by atoms with Crippen LogP contribution < -0.4 is 5.73 Å². The Kier molecular flexibility index (Phi) is 3.72. The lowest BCUT2D eigenvalue weighted by Crippen LogP contribution is -2.28. The van der Waals surface area contributed by atoms with Crippen LogP contribution in [0.3, 0.4) is 0 Å². The maximum absolute atomic E-state index is 12.2. The number of nitrogens with two attached hydrogens (primary N) is 1. The van der Waals surface area contributed by atoms with Crippen LogP contribution in [0.25, 0.3) is 0 Å². The Morgan fingerprint density at radius 3 is 2.89 bits per heavy atom. The first kappa shape index (κ1) is 13.1. The third-order valence-electron chi connectivity index (χ3n) is 2.56. The second-order valence-electron chi connectivity index (χ2n) is 3.99. The number of hydrogen-bond acceptors (Lipinski definition) is 4. The molecular weight excluding hydrogens is 316 g/mol. The molecule has 0 spiro atoms. The number of aromatic nitrogens is 2. The molecule has 2 rings (SSSR count). The molecule has 0 aliphatic heterocycles. The standard InChI is InChI=1S/C11H13BrN4OS/c1-15(5-7-3-9(12)18-6-7)11(17)10-8(13)4-14-16(10)2/h3-4,6H,5,13H2,1-2H3. The van der Waals surface area contributed by atoms with Gasteiger partial charge in [0, 0.05) is 20.6 Å². The lowest BCUT2D eigenvalue weighted by Gasteiger charge is -2.16. The molecule has 0 fully saturated rings. The van der Waals surface area contributed by atoms with Gasteiger partial charge < -0.3 is 10.6 Å². The van der Waals surface area contributed by atoms with E-state index in [1.807, 2.05) is 11.4 Å². The van der Waals surface area contributed by atoms with Gasteiger partial charge in [0.2, 0.25) is 0 Å². The summed E-state index contributed by atoms with van der Waals surface area (Å²) >= 11 is 5.00. The lowest BCUT2D eigenvalue weighted by molar-refractivity contribution is 0.0775.